The van der Waals surface area contributed by atoms with Crippen LogP contribution in [0.5, 0.6) is 0 Å². The van der Waals surface area contributed by atoms with Crippen molar-refractivity contribution in [1.29, 1.82) is 0 Å². The molecule has 0 fully saturated rings. The lowest BCUT2D eigenvalue weighted by Crippen LogP contribution is -2.09. The molecule has 0 radical (unpaired) electrons. The summed E-state index contributed by atoms with van der Waals surface area (Å²) < 4.78 is 6.57. The van der Waals surface area contributed by atoms with Crippen LogP contribution in [-0.4, -0.2) is 0 Å². The quantitative estimate of drug-likeness (QED) is 0.200. The molecule has 0 aliphatic carbocycles. The van der Waals surface area contributed by atoms with Gasteiger partial charge in [-0.15, -0.1) is 0 Å². The zero-order valence-corrected chi connectivity index (χ0v) is 24.1. The minimum atomic E-state index is 0.874. The lowest BCUT2D eigenvalue weighted by molar-refractivity contribution is 0.632. The first kappa shape index (κ1) is 25.8. The average Bonchev–Trinajstić information content (AvgIpc) is 3.49. The third-order valence-corrected chi connectivity index (χ3v) is 8.27. The molecule has 8 aromatic rings. The van der Waals surface area contributed by atoms with Gasteiger partial charge in [-0.3, -0.25) is 0 Å². The van der Waals surface area contributed by atoms with E-state index >= 15 is 0 Å². The van der Waals surface area contributed by atoms with Crippen molar-refractivity contribution in [3.05, 3.63) is 176 Å². The van der Waals surface area contributed by atoms with Crippen LogP contribution in [0.1, 0.15) is 0 Å². The standard InChI is InChI=1S/C42H29NO/c1-3-14-32(15-4-1)41-39-22-9-10-24-40(39)44-42(41)33-17-11-20-36(29-33)43(34-18-5-2-6-19-34)35-27-25-31(26-28-35)38-23-12-16-30-13-7-8-21-37(30)38/h1-29H. The molecule has 0 aliphatic heterocycles. The van der Waals surface area contributed by atoms with Gasteiger partial charge in [0.15, 0.2) is 0 Å². The molecule has 8 rings (SSSR count). The molecular weight excluding hydrogens is 534 g/mol. The first-order valence-electron chi connectivity index (χ1n) is 14.9. The molecule has 2 nitrogen and oxygen atoms in total. The second-order valence-electron chi connectivity index (χ2n) is 11.0. The van der Waals surface area contributed by atoms with Gasteiger partial charge in [0.2, 0.25) is 0 Å². The summed E-state index contributed by atoms with van der Waals surface area (Å²) in [7, 11) is 0. The molecule has 7 aromatic carbocycles. The number of nitrogens with zero attached hydrogens (tertiary/aromatic N) is 1. The Morgan fingerprint density at radius 3 is 1.80 bits per heavy atom. The zero-order valence-electron chi connectivity index (χ0n) is 24.1. The number of hydrogen-bond donors (Lipinski definition) is 0. The van der Waals surface area contributed by atoms with Crippen molar-refractivity contribution in [3.8, 4) is 33.6 Å². The van der Waals surface area contributed by atoms with Crippen LogP contribution in [0.4, 0.5) is 17.1 Å². The molecule has 1 aromatic heterocycles. The Balaban J connectivity index is 1.25. The molecule has 1 heterocycles. The predicted molar refractivity (Wildman–Crippen MR) is 185 cm³/mol. The predicted octanol–water partition coefficient (Wildman–Crippen LogP) is 12.1. The molecule has 0 unspecified atom stereocenters. The zero-order chi connectivity index (χ0) is 29.3. The minimum absolute atomic E-state index is 0.874. The van der Waals surface area contributed by atoms with Gasteiger partial charge in [0, 0.05) is 33.6 Å². The number of anilines is 3. The van der Waals surface area contributed by atoms with E-state index < -0.39 is 0 Å². The van der Waals surface area contributed by atoms with Gasteiger partial charge in [-0.1, -0.05) is 133 Å². The number of benzene rings is 7. The fourth-order valence-corrected chi connectivity index (χ4v) is 6.22. The van der Waals surface area contributed by atoms with E-state index in [2.05, 4.69) is 169 Å². The monoisotopic (exact) mass is 563 g/mol. The molecule has 0 saturated heterocycles. The lowest BCUT2D eigenvalue weighted by atomic mass is 9.97. The molecule has 0 aliphatic rings. The third-order valence-electron chi connectivity index (χ3n) is 8.27. The third kappa shape index (κ3) is 4.63. The Morgan fingerprint density at radius 2 is 0.977 bits per heavy atom. The van der Waals surface area contributed by atoms with Gasteiger partial charge in [0.1, 0.15) is 11.3 Å². The summed E-state index contributed by atoms with van der Waals surface area (Å²) in [6.45, 7) is 0. The highest BCUT2D eigenvalue weighted by molar-refractivity contribution is 6.02. The summed E-state index contributed by atoms with van der Waals surface area (Å²) in [5, 5.41) is 3.62. The molecule has 208 valence electrons. The first-order chi connectivity index (χ1) is 21.8. The molecule has 0 atom stereocenters. The average molecular weight is 564 g/mol. The number of para-hydroxylation sites is 2. The van der Waals surface area contributed by atoms with Gasteiger partial charge >= 0.3 is 0 Å². The van der Waals surface area contributed by atoms with Gasteiger partial charge in [-0.25, -0.2) is 0 Å². The minimum Gasteiger partial charge on any atom is -0.455 e. The summed E-state index contributed by atoms with van der Waals surface area (Å²) in [6.07, 6.45) is 0. The topological polar surface area (TPSA) is 16.4 Å². The van der Waals surface area contributed by atoms with Gasteiger partial charge in [-0.05, 0) is 69.9 Å². The molecule has 0 saturated carbocycles. The van der Waals surface area contributed by atoms with Crippen LogP contribution < -0.4 is 4.90 Å². The van der Waals surface area contributed by atoms with Crippen molar-refractivity contribution in [1.82, 2.24) is 0 Å². The second-order valence-corrected chi connectivity index (χ2v) is 11.0. The highest BCUT2D eigenvalue weighted by Gasteiger charge is 2.19. The van der Waals surface area contributed by atoms with E-state index in [-0.39, 0.29) is 0 Å². The van der Waals surface area contributed by atoms with Crippen LogP contribution in [0.2, 0.25) is 0 Å². The van der Waals surface area contributed by atoms with Crippen LogP contribution in [0, 0.1) is 0 Å². The van der Waals surface area contributed by atoms with Gasteiger partial charge < -0.3 is 9.32 Å². The molecule has 0 amide bonds. The van der Waals surface area contributed by atoms with Gasteiger partial charge in [0.25, 0.3) is 0 Å². The Labute approximate surface area is 257 Å². The fraction of sp³-hybridized carbons (Fsp3) is 0. The van der Waals surface area contributed by atoms with Crippen molar-refractivity contribution < 1.29 is 4.42 Å². The summed E-state index contributed by atoms with van der Waals surface area (Å²) >= 11 is 0. The van der Waals surface area contributed by atoms with Crippen molar-refractivity contribution in [2.45, 2.75) is 0 Å². The Hall–Kier alpha value is -5.86. The summed E-state index contributed by atoms with van der Waals surface area (Å²) in [5.74, 6) is 0.874. The lowest BCUT2D eigenvalue weighted by Gasteiger charge is -2.26. The number of rotatable bonds is 6. The SMILES string of the molecule is c1ccc(-c2c(-c3cccc(N(c4ccccc4)c4ccc(-c5cccc6ccccc56)cc4)c3)oc3ccccc23)cc1. The van der Waals surface area contributed by atoms with E-state index in [1.165, 1.54) is 21.9 Å². The second kappa shape index (κ2) is 11.1. The maximum Gasteiger partial charge on any atom is 0.143 e. The van der Waals surface area contributed by atoms with E-state index in [1.807, 2.05) is 12.1 Å². The molecule has 44 heavy (non-hydrogen) atoms. The van der Waals surface area contributed by atoms with E-state index in [1.54, 1.807) is 0 Å². The van der Waals surface area contributed by atoms with Crippen molar-refractivity contribution in [2.24, 2.45) is 0 Å². The molecule has 0 spiro atoms. The van der Waals surface area contributed by atoms with Crippen LogP contribution >= 0.6 is 0 Å². The number of furan rings is 1. The number of fused-ring (bicyclic) bond motifs is 2. The van der Waals surface area contributed by atoms with Crippen molar-refractivity contribution >= 4 is 38.8 Å². The highest BCUT2D eigenvalue weighted by atomic mass is 16.3. The van der Waals surface area contributed by atoms with Crippen LogP contribution in [0.25, 0.3) is 55.3 Å². The molecule has 0 N–H and O–H groups in total. The Morgan fingerprint density at radius 1 is 0.386 bits per heavy atom. The maximum absolute atomic E-state index is 6.57. The van der Waals surface area contributed by atoms with E-state index in [9.17, 15) is 0 Å². The fourth-order valence-electron chi connectivity index (χ4n) is 6.22. The maximum atomic E-state index is 6.57. The van der Waals surface area contributed by atoms with E-state index in [0.29, 0.717) is 0 Å². The smallest absolute Gasteiger partial charge is 0.143 e. The van der Waals surface area contributed by atoms with Gasteiger partial charge in [0.05, 0.1) is 0 Å². The molecule has 2 heteroatoms. The van der Waals surface area contributed by atoms with Crippen LogP contribution in [-0.2, 0) is 0 Å². The Bertz CT molecular complexity index is 2210. The highest BCUT2D eigenvalue weighted by Crippen LogP contribution is 2.43. The van der Waals surface area contributed by atoms with Crippen molar-refractivity contribution in [2.75, 3.05) is 4.90 Å². The summed E-state index contributed by atoms with van der Waals surface area (Å²) in [5.41, 5.74) is 9.85. The normalized spacial score (nSPS) is 11.2. The van der Waals surface area contributed by atoms with Crippen LogP contribution in [0.3, 0.4) is 0 Å². The van der Waals surface area contributed by atoms with E-state index in [4.69, 9.17) is 4.42 Å². The van der Waals surface area contributed by atoms with Crippen LogP contribution in [0.15, 0.2) is 180 Å². The Kier molecular flexibility index (Phi) is 6.51. The summed E-state index contributed by atoms with van der Waals surface area (Å²) in [6, 6.07) is 61.9. The largest absolute Gasteiger partial charge is 0.455 e. The van der Waals surface area contributed by atoms with Crippen molar-refractivity contribution in [3.63, 3.8) is 0 Å². The molecular formula is C42H29NO. The number of hydrogen-bond acceptors (Lipinski definition) is 2. The van der Waals surface area contributed by atoms with Gasteiger partial charge in [-0.2, -0.15) is 0 Å². The van der Waals surface area contributed by atoms with E-state index in [0.717, 1.165) is 50.5 Å². The first-order valence-corrected chi connectivity index (χ1v) is 14.9. The molecule has 0 bridgehead atoms. The summed E-state index contributed by atoms with van der Waals surface area (Å²) in [4.78, 5) is 2.31.